The van der Waals surface area contributed by atoms with Crippen molar-refractivity contribution in [1.29, 1.82) is 0 Å². The number of rotatable bonds is 5. The lowest BCUT2D eigenvalue weighted by Crippen LogP contribution is -2.05. The molecule has 0 saturated carbocycles. The normalized spacial score (nSPS) is 13.2. The Morgan fingerprint density at radius 3 is 2.92 bits per heavy atom. The fourth-order valence-corrected chi connectivity index (χ4v) is 2.70. The van der Waals surface area contributed by atoms with Crippen LogP contribution >= 0.6 is 0 Å². The zero-order valence-electron chi connectivity index (χ0n) is 14.1. The zero-order chi connectivity index (χ0) is 17.1. The van der Waals surface area contributed by atoms with E-state index in [1.807, 2.05) is 38.4 Å². The van der Waals surface area contributed by atoms with E-state index in [9.17, 15) is 5.11 Å². The predicted octanol–water partition coefficient (Wildman–Crippen LogP) is 4.45. The standard InChI is InChI=1S/C19H21N3O2/c1-4-24-22-13(3)12(2)18-11-21-19-17(18)9-15(10-20-19)14-6-5-7-16(23)8-14/h5-12,23H,4H2,1-3H3,(H,20,21)/b22-13-. The maximum atomic E-state index is 9.69. The third kappa shape index (κ3) is 3.11. The molecule has 0 spiro atoms. The number of benzene rings is 1. The molecule has 2 N–H and O–H groups in total. The predicted molar refractivity (Wildman–Crippen MR) is 96.3 cm³/mol. The highest BCUT2D eigenvalue weighted by Crippen LogP contribution is 2.30. The van der Waals surface area contributed by atoms with Gasteiger partial charge in [0.1, 0.15) is 18.0 Å². The first kappa shape index (κ1) is 16.1. The molecule has 0 aliphatic rings. The van der Waals surface area contributed by atoms with Gasteiger partial charge in [-0.3, -0.25) is 0 Å². The van der Waals surface area contributed by atoms with Crippen molar-refractivity contribution in [2.75, 3.05) is 6.61 Å². The monoisotopic (exact) mass is 323 g/mol. The van der Waals surface area contributed by atoms with Gasteiger partial charge in [-0.05, 0) is 43.2 Å². The summed E-state index contributed by atoms with van der Waals surface area (Å²) in [6.07, 6.45) is 3.78. The Morgan fingerprint density at radius 1 is 1.33 bits per heavy atom. The molecule has 1 aromatic carbocycles. The lowest BCUT2D eigenvalue weighted by molar-refractivity contribution is 0.157. The molecule has 124 valence electrons. The zero-order valence-corrected chi connectivity index (χ0v) is 14.1. The summed E-state index contributed by atoms with van der Waals surface area (Å²) in [6, 6.07) is 9.27. The highest BCUT2D eigenvalue weighted by molar-refractivity contribution is 5.94. The smallest absolute Gasteiger partial charge is 0.137 e. The number of pyridine rings is 1. The summed E-state index contributed by atoms with van der Waals surface area (Å²) in [5, 5.41) is 14.9. The molecule has 3 aromatic rings. The van der Waals surface area contributed by atoms with Crippen LogP contribution in [0.2, 0.25) is 0 Å². The molecule has 1 atom stereocenters. The lowest BCUT2D eigenvalue weighted by Gasteiger charge is -2.10. The Morgan fingerprint density at radius 2 is 2.17 bits per heavy atom. The van der Waals surface area contributed by atoms with Gasteiger partial charge in [0.25, 0.3) is 0 Å². The number of fused-ring (bicyclic) bond motifs is 1. The summed E-state index contributed by atoms with van der Waals surface area (Å²) < 4.78 is 0. The van der Waals surface area contributed by atoms with Gasteiger partial charge in [-0.25, -0.2) is 4.98 Å². The summed E-state index contributed by atoms with van der Waals surface area (Å²) >= 11 is 0. The summed E-state index contributed by atoms with van der Waals surface area (Å²) in [7, 11) is 0. The number of aromatic hydroxyl groups is 1. The van der Waals surface area contributed by atoms with Crippen molar-refractivity contribution in [2.24, 2.45) is 5.16 Å². The maximum absolute atomic E-state index is 9.69. The Labute approximate surface area is 141 Å². The van der Waals surface area contributed by atoms with Crippen LogP contribution in [0.15, 0.2) is 47.9 Å². The second-order valence-corrected chi connectivity index (χ2v) is 5.79. The number of aromatic nitrogens is 2. The molecule has 5 heteroatoms. The molecule has 24 heavy (non-hydrogen) atoms. The first-order valence-electron chi connectivity index (χ1n) is 8.03. The molecule has 5 nitrogen and oxygen atoms in total. The van der Waals surface area contributed by atoms with Gasteiger partial charge in [0, 0.05) is 29.3 Å². The second-order valence-electron chi connectivity index (χ2n) is 5.79. The lowest BCUT2D eigenvalue weighted by atomic mass is 9.96. The van der Waals surface area contributed by atoms with Crippen LogP contribution in [0.4, 0.5) is 0 Å². The first-order chi connectivity index (χ1) is 11.6. The molecular weight excluding hydrogens is 302 g/mol. The van der Waals surface area contributed by atoms with Crippen molar-refractivity contribution in [3.63, 3.8) is 0 Å². The molecule has 2 aromatic heterocycles. The van der Waals surface area contributed by atoms with Gasteiger partial charge in [-0.1, -0.05) is 24.2 Å². The van der Waals surface area contributed by atoms with Crippen molar-refractivity contribution in [3.05, 3.63) is 48.3 Å². The van der Waals surface area contributed by atoms with E-state index in [4.69, 9.17) is 4.84 Å². The Hall–Kier alpha value is -2.82. The third-order valence-corrected chi connectivity index (χ3v) is 4.17. The van der Waals surface area contributed by atoms with Crippen molar-refractivity contribution in [1.82, 2.24) is 9.97 Å². The summed E-state index contributed by atoms with van der Waals surface area (Å²) in [5.41, 5.74) is 4.78. The highest BCUT2D eigenvalue weighted by Gasteiger charge is 2.16. The maximum Gasteiger partial charge on any atom is 0.137 e. The topological polar surface area (TPSA) is 70.5 Å². The Kier molecular flexibility index (Phi) is 4.51. The first-order valence-corrected chi connectivity index (χ1v) is 8.03. The average Bonchev–Trinajstić information content (AvgIpc) is 3.02. The van der Waals surface area contributed by atoms with Gasteiger partial charge in [-0.15, -0.1) is 0 Å². The van der Waals surface area contributed by atoms with Crippen molar-refractivity contribution in [3.8, 4) is 16.9 Å². The van der Waals surface area contributed by atoms with E-state index >= 15 is 0 Å². The van der Waals surface area contributed by atoms with Crippen molar-refractivity contribution >= 4 is 16.7 Å². The molecule has 0 radical (unpaired) electrons. The largest absolute Gasteiger partial charge is 0.508 e. The average molecular weight is 323 g/mol. The van der Waals surface area contributed by atoms with E-state index in [0.717, 1.165) is 33.4 Å². The minimum Gasteiger partial charge on any atom is -0.508 e. The van der Waals surface area contributed by atoms with Gasteiger partial charge >= 0.3 is 0 Å². The Balaban J connectivity index is 2.03. The summed E-state index contributed by atoms with van der Waals surface area (Å²) in [6.45, 7) is 6.53. The van der Waals surface area contributed by atoms with Gasteiger partial charge in [0.15, 0.2) is 0 Å². The summed E-state index contributed by atoms with van der Waals surface area (Å²) in [5.74, 6) is 0.362. The number of aromatic amines is 1. The van der Waals surface area contributed by atoms with Crippen LogP contribution in [0.5, 0.6) is 5.75 Å². The van der Waals surface area contributed by atoms with E-state index < -0.39 is 0 Å². The van der Waals surface area contributed by atoms with Crippen LogP contribution in [0.25, 0.3) is 22.2 Å². The van der Waals surface area contributed by atoms with Crippen LogP contribution in [0, 0.1) is 0 Å². The van der Waals surface area contributed by atoms with Crippen molar-refractivity contribution < 1.29 is 9.94 Å². The van der Waals surface area contributed by atoms with Gasteiger partial charge in [0.2, 0.25) is 0 Å². The molecule has 3 rings (SSSR count). The van der Waals surface area contributed by atoms with Crippen LogP contribution in [-0.4, -0.2) is 27.4 Å². The summed E-state index contributed by atoms with van der Waals surface area (Å²) in [4.78, 5) is 12.9. The quantitative estimate of drug-likeness (QED) is 0.538. The number of hydrogen-bond donors (Lipinski definition) is 2. The number of phenolic OH excluding ortho intramolecular Hbond substituents is 1. The van der Waals surface area contributed by atoms with Crippen LogP contribution in [-0.2, 0) is 4.84 Å². The van der Waals surface area contributed by atoms with E-state index in [2.05, 4.69) is 28.1 Å². The second kappa shape index (κ2) is 6.74. The number of H-pyrrole nitrogens is 1. The fraction of sp³-hybridized carbons (Fsp3) is 0.263. The van der Waals surface area contributed by atoms with Crippen LogP contribution in [0.1, 0.15) is 32.3 Å². The number of nitrogens with zero attached hydrogens (tertiary/aromatic N) is 2. The van der Waals surface area contributed by atoms with Gasteiger partial charge in [-0.2, -0.15) is 0 Å². The van der Waals surface area contributed by atoms with E-state index in [0.29, 0.717) is 6.61 Å². The molecule has 0 aliphatic carbocycles. The SMILES string of the molecule is CCO/N=C(/C)C(C)c1c[nH]c2ncc(-c3cccc(O)c3)cc12. The van der Waals surface area contributed by atoms with Crippen LogP contribution in [0.3, 0.4) is 0 Å². The molecule has 1 unspecified atom stereocenters. The molecule has 0 amide bonds. The molecule has 0 bridgehead atoms. The fourth-order valence-electron chi connectivity index (χ4n) is 2.70. The highest BCUT2D eigenvalue weighted by atomic mass is 16.6. The number of nitrogens with one attached hydrogen (secondary N) is 1. The molecule has 2 heterocycles. The van der Waals surface area contributed by atoms with Gasteiger partial charge < -0.3 is 14.9 Å². The molecule has 0 saturated heterocycles. The molecule has 0 fully saturated rings. The number of oxime groups is 1. The van der Waals surface area contributed by atoms with E-state index in [1.54, 1.807) is 12.1 Å². The number of hydrogen-bond acceptors (Lipinski definition) is 4. The van der Waals surface area contributed by atoms with Crippen LogP contribution < -0.4 is 0 Å². The van der Waals surface area contributed by atoms with Crippen molar-refractivity contribution in [2.45, 2.75) is 26.7 Å². The van der Waals surface area contributed by atoms with Gasteiger partial charge in [0.05, 0.1) is 5.71 Å². The minimum absolute atomic E-state index is 0.117. The molecule has 0 aliphatic heterocycles. The Bertz CT molecular complexity index is 883. The van der Waals surface area contributed by atoms with E-state index in [-0.39, 0.29) is 11.7 Å². The minimum atomic E-state index is 0.117. The third-order valence-electron chi connectivity index (χ3n) is 4.17. The molecular formula is C19H21N3O2. The van der Waals surface area contributed by atoms with E-state index in [1.165, 1.54) is 0 Å². The number of phenols is 1.